The molecular formula is C56H76N8O12S2. The SMILES string of the molecule is C[C@@H](O)[C@@H]1NC(=O)[C@H](CCCCNC(=O)OC(C)(C)C)NC(=O)[C@@H](CC2=CCc3ccccc32)NC(=O)[C@H](Cc2ccccc2)CC(=O)[C@@H](NC(=O)[C@H](N)Cc2ccccc2)CSSC[C@@H](C(=O)N[C@H](CO)[C@@H](C)O)NC1=O. The second-order valence-corrected chi connectivity index (χ2v) is 23.2. The average molecular weight is 1120 g/mol. The molecule has 7 amide bonds. The number of hydrogen-bond donors (Lipinski definition) is 11. The summed E-state index contributed by atoms with van der Waals surface area (Å²) in [5.41, 5.74) is 9.77. The van der Waals surface area contributed by atoms with Crippen LogP contribution in [0.3, 0.4) is 0 Å². The molecule has 1 aliphatic carbocycles. The molecule has 1 saturated heterocycles. The van der Waals surface area contributed by atoms with E-state index in [0.29, 0.717) is 18.4 Å². The molecule has 1 heterocycles. The molecule has 78 heavy (non-hydrogen) atoms. The molecule has 1 fully saturated rings. The van der Waals surface area contributed by atoms with Crippen molar-refractivity contribution in [1.82, 2.24) is 37.2 Å². The molecule has 22 heteroatoms. The molecule has 0 bridgehead atoms. The Bertz CT molecular complexity index is 2550. The minimum Gasteiger partial charge on any atom is -0.444 e. The van der Waals surface area contributed by atoms with Gasteiger partial charge in [0, 0.05) is 36.8 Å². The van der Waals surface area contributed by atoms with E-state index in [0.717, 1.165) is 43.9 Å². The lowest BCUT2D eigenvalue weighted by Gasteiger charge is -2.29. The van der Waals surface area contributed by atoms with Crippen LogP contribution in [-0.4, -0.2) is 147 Å². The van der Waals surface area contributed by atoms with Crippen molar-refractivity contribution in [2.75, 3.05) is 24.7 Å². The number of nitrogens with one attached hydrogen (secondary N) is 7. The van der Waals surface area contributed by atoms with Crippen molar-refractivity contribution in [3.63, 3.8) is 0 Å². The number of rotatable bonds is 18. The minimum absolute atomic E-state index is 0.0328. The van der Waals surface area contributed by atoms with Crippen molar-refractivity contribution in [2.24, 2.45) is 11.7 Å². The van der Waals surface area contributed by atoms with Crippen LogP contribution in [-0.2, 0) is 57.6 Å². The molecule has 3 aromatic rings. The Labute approximate surface area is 463 Å². The summed E-state index contributed by atoms with van der Waals surface area (Å²) in [6, 6.07) is 16.3. The summed E-state index contributed by atoms with van der Waals surface area (Å²) in [7, 11) is 2.10. The molecule has 2 aliphatic rings. The Hall–Kier alpha value is -6.30. The second-order valence-electron chi connectivity index (χ2n) is 20.7. The van der Waals surface area contributed by atoms with E-state index in [-0.39, 0.29) is 50.2 Å². The first-order valence-electron chi connectivity index (χ1n) is 26.3. The summed E-state index contributed by atoms with van der Waals surface area (Å²) in [5.74, 6) is -6.76. The van der Waals surface area contributed by atoms with Gasteiger partial charge in [0.2, 0.25) is 35.4 Å². The molecule has 0 aromatic heterocycles. The maximum Gasteiger partial charge on any atom is 0.407 e. The van der Waals surface area contributed by atoms with Gasteiger partial charge >= 0.3 is 6.09 Å². The van der Waals surface area contributed by atoms with Gasteiger partial charge in [0.15, 0.2) is 5.78 Å². The van der Waals surface area contributed by atoms with E-state index in [1.54, 1.807) is 51.1 Å². The van der Waals surface area contributed by atoms with Gasteiger partial charge < -0.3 is 63.0 Å². The summed E-state index contributed by atoms with van der Waals surface area (Å²) in [6.45, 7) is 7.23. The van der Waals surface area contributed by atoms with Crippen LogP contribution < -0.4 is 43.0 Å². The van der Waals surface area contributed by atoms with Crippen molar-refractivity contribution in [3.05, 3.63) is 113 Å². The van der Waals surface area contributed by atoms with E-state index in [4.69, 9.17) is 10.5 Å². The standard InChI is InChI=1S/C56H76N8O12S2/c1-33(66)44(30-65)61-53(73)46-32-78-77-31-45(62-50(70)41(57)27-36-18-10-7-11-19-36)47(68)29-39(26-35-16-8-6-9-17-35)49(69)60-43(28-38-24-23-37-20-12-13-21-40(37)38)52(72)59-42(51(71)64-48(34(2)67)54(74)63-46)22-14-15-25-58-55(75)76-56(3,4)5/h6-13,16-21,24,33-34,39,41-46,48,65-67H,14-15,22-23,25-32,57H2,1-5H3,(H,58,75)(H,59,72)(H,60,69)(H,61,73)(H,62,70)(H,63,74)(H,64,71)/t33-,34-,39-,41-,42+,43-,44-,45+,46+,48+/m1/s1. The van der Waals surface area contributed by atoms with Gasteiger partial charge in [0.05, 0.1) is 36.9 Å². The summed E-state index contributed by atoms with van der Waals surface area (Å²) in [4.78, 5) is 113. The number of fused-ring (bicyclic) bond motifs is 1. The van der Waals surface area contributed by atoms with Crippen LogP contribution in [0.15, 0.2) is 91.0 Å². The number of alkyl carbamates (subject to hydrolysis) is 1. The molecule has 10 atom stereocenters. The fraction of sp³-hybridized carbons (Fsp3) is 0.500. The Morgan fingerprint density at radius 2 is 1.40 bits per heavy atom. The fourth-order valence-corrected chi connectivity index (χ4v) is 11.1. The highest BCUT2D eigenvalue weighted by Crippen LogP contribution is 2.31. The van der Waals surface area contributed by atoms with E-state index in [2.05, 4.69) is 37.2 Å². The van der Waals surface area contributed by atoms with Gasteiger partial charge in [-0.25, -0.2) is 4.79 Å². The third-order valence-electron chi connectivity index (χ3n) is 13.0. The zero-order chi connectivity index (χ0) is 56.9. The predicted molar refractivity (Wildman–Crippen MR) is 299 cm³/mol. The number of carbonyl (C=O) groups is 8. The molecule has 20 nitrogen and oxygen atoms in total. The number of aliphatic hydroxyl groups is 3. The van der Waals surface area contributed by atoms with Gasteiger partial charge in [0.25, 0.3) is 0 Å². The topological polar surface area (TPSA) is 317 Å². The first-order chi connectivity index (χ1) is 37.1. The van der Waals surface area contributed by atoms with Gasteiger partial charge in [-0.3, -0.25) is 33.6 Å². The number of aliphatic hydroxyl groups excluding tert-OH is 3. The van der Waals surface area contributed by atoms with Crippen LogP contribution in [0.4, 0.5) is 4.79 Å². The molecule has 0 unspecified atom stereocenters. The first-order valence-corrected chi connectivity index (χ1v) is 28.7. The zero-order valence-corrected chi connectivity index (χ0v) is 46.5. The Morgan fingerprint density at radius 3 is 2.05 bits per heavy atom. The predicted octanol–water partition coefficient (Wildman–Crippen LogP) is 2.16. The monoisotopic (exact) mass is 1120 g/mol. The maximum absolute atomic E-state index is 14.9. The quantitative estimate of drug-likeness (QED) is 0.0643. The van der Waals surface area contributed by atoms with Gasteiger partial charge in [0.1, 0.15) is 29.8 Å². The van der Waals surface area contributed by atoms with Gasteiger partial charge in [-0.2, -0.15) is 0 Å². The normalized spacial score (nSPS) is 22.6. The first kappa shape index (κ1) is 62.5. The van der Waals surface area contributed by atoms with E-state index in [1.165, 1.54) is 13.8 Å². The molecule has 0 spiro atoms. The van der Waals surface area contributed by atoms with Crippen LogP contribution in [0.5, 0.6) is 0 Å². The molecule has 0 saturated carbocycles. The lowest BCUT2D eigenvalue weighted by molar-refractivity contribution is -0.136. The van der Waals surface area contributed by atoms with Gasteiger partial charge in [-0.05, 0) is 101 Å². The number of nitrogens with two attached hydrogens (primary N) is 1. The summed E-state index contributed by atoms with van der Waals surface area (Å²) in [5, 5.41) is 50.1. The largest absolute Gasteiger partial charge is 0.444 e. The molecule has 12 N–H and O–H groups in total. The number of amides is 7. The highest BCUT2D eigenvalue weighted by Gasteiger charge is 2.37. The van der Waals surface area contributed by atoms with Crippen LogP contribution in [0, 0.1) is 5.92 Å². The number of unbranched alkanes of at least 4 members (excludes halogenated alkanes) is 1. The van der Waals surface area contributed by atoms with E-state index >= 15 is 0 Å². The summed E-state index contributed by atoms with van der Waals surface area (Å²) >= 11 is 0. The van der Waals surface area contributed by atoms with Gasteiger partial charge in [-0.1, -0.05) is 113 Å². The van der Waals surface area contributed by atoms with Crippen molar-refractivity contribution in [2.45, 2.75) is 146 Å². The Balaban J connectivity index is 1.55. The third-order valence-corrected chi connectivity index (χ3v) is 15.5. The lowest BCUT2D eigenvalue weighted by Crippen LogP contribution is -2.61. The number of hydrogen-bond acceptors (Lipinski definition) is 15. The molecule has 0 radical (unpaired) electrons. The highest BCUT2D eigenvalue weighted by atomic mass is 33.1. The lowest BCUT2D eigenvalue weighted by atomic mass is 9.90. The van der Waals surface area contributed by atoms with Gasteiger partial charge in [-0.15, -0.1) is 0 Å². The van der Waals surface area contributed by atoms with Crippen LogP contribution >= 0.6 is 21.6 Å². The van der Waals surface area contributed by atoms with E-state index in [1.807, 2.05) is 60.7 Å². The van der Waals surface area contributed by atoms with Crippen LogP contribution in [0.2, 0.25) is 0 Å². The van der Waals surface area contributed by atoms with Crippen LogP contribution in [0.25, 0.3) is 5.57 Å². The third kappa shape index (κ3) is 20.2. The van der Waals surface area contributed by atoms with Crippen molar-refractivity contribution >= 4 is 74.5 Å². The van der Waals surface area contributed by atoms with Crippen molar-refractivity contribution in [1.29, 1.82) is 0 Å². The number of ether oxygens (including phenoxy) is 1. The number of allylic oxidation sites excluding steroid dienone is 1. The van der Waals surface area contributed by atoms with E-state index < -0.39 is 126 Å². The molecule has 424 valence electrons. The minimum atomic E-state index is -1.71. The molecule has 3 aromatic carbocycles. The van der Waals surface area contributed by atoms with Crippen molar-refractivity contribution < 1.29 is 58.4 Å². The number of benzene rings is 3. The molecular weight excluding hydrogens is 1040 g/mol. The van der Waals surface area contributed by atoms with Crippen LogP contribution in [0.1, 0.15) is 89.0 Å². The molecule has 5 rings (SSSR count). The summed E-state index contributed by atoms with van der Waals surface area (Å²) in [6.07, 6.45) is -0.665. The summed E-state index contributed by atoms with van der Waals surface area (Å²) < 4.78 is 5.34. The number of Topliss-reactive ketones (excluding diaryl/α,β-unsaturated/α-hetero) is 1. The highest BCUT2D eigenvalue weighted by molar-refractivity contribution is 8.76. The number of ketones is 1. The Kier molecular flexibility index (Phi) is 24.6. The Morgan fingerprint density at radius 1 is 0.769 bits per heavy atom. The smallest absolute Gasteiger partial charge is 0.407 e. The fourth-order valence-electron chi connectivity index (χ4n) is 8.72. The average Bonchev–Trinajstić information content (AvgIpc) is 3.81. The van der Waals surface area contributed by atoms with Crippen molar-refractivity contribution in [3.8, 4) is 0 Å². The molecule has 1 aliphatic heterocycles. The number of carbonyl (C=O) groups excluding carboxylic acids is 8. The second kappa shape index (κ2) is 30.7. The van der Waals surface area contributed by atoms with E-state index in [9.17, 15) is 53.7 Å². The zero-order valence-electron chi connectivity index (χ0n) is 44.8. The maximum atomic E-state index is 14.9.